The van der Waals surface area contributed by atoms with Crippen LogP contribution < -0.4 is 16.0 Å². The van der Waals surface area contributed by atoms with Crippen LogP contribution in [-0.4, -0.2) is 52.6 Å². The molecule has 0 saturated heterocycles. The van der Waals surface area contributed by atoms with E-state index in [0.29, 0.717) is 24.0 Å². The lowest BCUT2D eigenvalue weighted by Gasteiger charge is -2.21. The molecule has 9 heteroatoms. The normalized spacial score (nSPS) is 12.6. The summed E-state index contributed by atoms with van der Waals surface area (Å²) in [7, 11) is 0. The Morgan fingerprint density at radius 3 is 2.47 bits per heavy atom. The van der Waals surface area contributed by atoms with E-state index in [2.05, 4.69) is 25.9 Å². The second kappa shape index (κ2) is 11.5. The van der Waals surface area contributed by atoms with Gasteiger partial charge in [0.25, 0.3) is 5.91 Å². The number of imidazole rings is 1. The lowest BCUT2D eigenvalue weighted by atomic mass is 10.0. The highest BCUT2D eigenvalue weighted by Gasteiger charge is 2.24. The number of H-pyrrole nitrogens is 1. The summed E-state index contributed by atoms with van der Waals surface area (Å²) in [4.78, 5) is 55.2. The molecule has 0 radical (unpaired) electrons. The summed E-state index contributed by atoms with van der Waals surface area (Å²) in [5.41, 5.74) is 1.08. The van der Waals surface area contributed by atoms with Crippen LogP contribution in [0.1, 0.15) is 36.3 Å². The van der Waals surface area contributed by atoms with Gasteiger partial charge in [-0.25, -0.2) is 4.98 Å². The van der Waals surface area contributed by atoms with Crippen molar-refractivity contribution in [3.05, 3.63) is 54.1 Å². The summed E-state index contributed by atoms with van der Waals surface area (Å²) < 4.78 is 0. The molecule has 160 valence electrons. The maximum atomic E-state index is 12.7. The van der Waals surface area contributed by atoms with Crippen LogP contribution >= 0.6 is 0 Å². The molecule has 1 aromatic carbocycles. The number of aromatic amines is 1. The van der Waals surface area contributed by atoms with Gasteiger partial charge >= 0.3 is 0 Å². The Morgan fingerprint density at radius 1 is 1.13 bits per heavy atom. The molecule has 2 atom stereocenters. The van der Waals surface area contributed by atoms with Crippen LogP contribution in [0.15, 0.2) is 42.9 Å². The number of aromatic nitrogens is 2. The zero-order chi connectivity index (χ0) is 21.9. The molecule has 2 rings (SSSR count). The molecule has 3 amide bonds. The maximum absolute atomic E-state index is 12.7. The van der Waals surface area contributed by atoms with Crippen molar-refractivity contribution < 1.29 is 19.2 Å². The monoisotopic (exact) mass is 413 g/mol. The molecule has 0 aliphatic carbocycles. The molecule has 0 spiro atoms. The smallest absolute Gasteiger partial charge is 0.251 e. The Kier molecular flexibility index (Phi) is 8.74. The van der Waals surface area contributed by atoms with Crippen LogP contribution in [0, 0.1) is 5.92 Å². The summed E-state index contributed by atoms with van der Waals surface area (Å²) >= 11 is 0. The first-order valence-corrected chi connectivity index (χ1v) is 9.74. The molecule has 0 bridgehead atoms. The van der Waals surface area contributed by atoms with Gasteiger partial charge in [0.15, 0.2) is 0 Å². The minimum atomic E-state index is -0.929. The number of hydrogen-bond donors (Lipinski definition) is 4. The summed E-state index contributed by atoms with van der Waals surface area (Å²) in [6, 6.07) is 6.93. The van der Waals surface area contributed by atoms with Crippen molar-refractivity contribution in [2.24, 2.45) is 5.92 Å². The van der Waals surface area contributed by atoms with Crippen molar-refractivity contribution in [3.8, 4) is 0 Å². The molecular weight excluding hydrogens is 386 g/mol. The topological polar surface area (TPSA) is 133 Å². The zero-order valence-electron chi connectivity index (χ0n) is 17.1. The zero-order valence-corrected chi connectivity index (χ0v) is 17.1. The number of nitrogens with zero attached hydrogens (tertiary/aromatic N) is 1. The summed E-state index contributed by atoms with van der Waals surface area (Å²) in [5.74, 6) is -1.18. The van der Waals surface area contributed by atoms with E-state index in [1.165, 1.54) is 6.33 Å². The lowest BCUT2D eigenvalue weighted by Crippen LogP contribution is -2.53. The molecule has 0 saturated carbocycles. The standard InChI is InChI=1S/C21H27N5O4/c1-14(2)8-17(12-27)25-21(30)18(9-16-10-22-13-24-16)26-19(28)11-23-20(29)15-6-4-3-5-7-15/h3-7,10,12-14,17-18H,8-9,11H2,1-2H3,(H,22,24)(H,23,29)(H,25,30)(H,26,28)/t17-,18-/m0/s1. The van der Waals surface area contributed by atoms with E-state index >= 15 is 0 Å². The minimum absolute atomic E-state index is 0.164. The summed E-state index contributed by atoms with van der Waals surface area (Å²) in [6.45, 7) is 3.60. The SMILES string of the molecule is CC(C)C[C@@H](C=O)NC(=O)[C@H](Cc1cnc[nH]1)NC(=O)CNC(=O)c1ccccc1. The van der Waals surface area contributed by atoms with Crippen LogP contribution in [0.5, 0.6) is 0 Å². The number of aldehydes is 1. The highest BCUT2D eigenvalue weighted by Crippen LogP contribution is 2.05. The Morgan fingerprint density at radius 2 is 1.87 bits per heavy atom. The first-order chi connectivity index (χ1) is 14.4. The van der Waals surface area contributed by atoms with E-state index in [4.69, 9.17) is 0 Å². The van der Waals surface area contributed by atoms with Crippen molar-refractivity contribution in [2.75, 3.05) is 6.54 Å². The van der Waals surface area contributed by atoms with Crippen LogP contribution in [0.4, 0.5) is 0 Å². The van der Waals surface area contributed by atoms with Crippen molar-refractivity contribution in [2.45, 2.75) is 38.8 Å². The van der Waals surface area contributed by atoms with Gasteiger partial charge in [0, 0.05) is 23.9 Å². The average Bonchev–Trinajstić information content (AvgIpc) is 3.24. The fourth-order valence-electron chi connectivity index (χ4n) is 2.86. The number of amides is 3. The predicted molar refractivity (Wildman–Crippen MR) is 110 cm³/mol. The number of benzene rings is 1. The van der Waals surface area contributed by atoms with Gasteiger partial charge in [-0.15, -0.1) is 0 Å². The van der Waals surface area contributed by atoms with Gasteiger partial charge in [0.2, 0.25) is 11.8 Å². The van der Waals surface area contributed by atoms with Crippen LogP contribution in [0.25, 0.3) is 0 Å². The van der Waals surface area contributed by atoms with E-state index in [9.17, 15) is 19.2 Å². The average molecular weight is 413 g/mol. The Labute approximate surface area is 175 Å². The Hall–Kier alpha value is -3.49. The summed E-state index contributed by atoms with van der Waals surface area (Å²) in [5, 5.41) is 7.80. The number of nitrogens with one attached hydrogen (secondary N) is 4. The molecule has 0 fully saturated rings. The molecule has 4 N–H and O–H groups in total. The van der Waals surface area contributed by atoms with Crippen LogP contribution in [-0.2, 0) is 20.8 Å². The van der Waals surface area contributed by atoms with Gasteiger partial charge in [0.1, 0.15) is 12.3 Å². The molecule has 0 unspecified atom stereocenters. The first kappa shape index (κ1) is 22.8. The van der Waals surface area contributed by atoms with E-state index in [1.54, 1.807) is 36.5 Å². The lowest BCUT2D eigenvalue weighted by molar-refractivity contribution is -0.129. The molecule has 1 heterocycles. The highest BCUT2D eigenvalue weighted by atomic mass is 16.2. The van der Waals surface area contributed by atoms with Crippen LogP contribution in [0.3, 0.4) is 0 Å². The quantitative estimate of drug-likeness (QED) is 0.400. The van der Waals surface area contributed by atoms with E-state index in [0.717, 1.165) is 0 Å². The molecule has 30 heavy (non-hydrogen) atoms. The fraction of sp³-hybridized carbons (Fsp3) is 0.381. The Bertz CT molecular complexity index is 836. The van der Waals surface area contributed by atoms with Gasteiger partial charge in [-0.05, 0) is 24.5 Å². The number of carbonyl (C=O) groups is 4. The molecule has 1 aromatic heterocycles. The molecule has 0 aliphatic heterocycles. The molecule has 2 aromatic rings. The van der Waals surface area contributed by atoms with Gasteiger partial charge in [0.05, 0.1) is 18.9 Å². The summed E-state index contributed by atoms with van der Waals surface area (Å²) in [6.07, 6.45) is 4.37. The molecule has 9 nitrogen and oxygen atoms in total. The Balaban J connectivity index is 1.97. The minimum Gasteiger partial charge on any atom is -0.348 e. The number of rotatable bonds is 11. The maximum Gasteiger partial charge on any atom is 0.251 e. The van der Waals surface area contributed by atoms with Gasteiger partial charge in [-0.2, -0.15) is 0 Å². The van der Waals surface area contributed by atoms with Crippen molar-refractivity contribution in [1.82, 2.24) is 25.9 Å². The van der Waals surface area contributed by atoms with Gasteiger partial charge < -0.3 is 25.7 Å². The largest absolute Gasteiger partial charge is 0.348 e. The van der Waals surface area contributed by atoms with E-state index in [-0.39, 0.29) is 18.9 Å². The number of hydrogen-bond acceptors (Lipinski definition) is 5. The van der Waals surface area contributed by atoms with Gasteiger partial charge in [-0.1, -0.05) is 32.0 Å². The van der Waals surface area contributed by atoms with E-state index < -0.39 is 29.8 Å². The van der Waals surface area contributed by atoms with Crippen molar-refractivity contribution in [3.63, 3.8) is 0 Å². The third-order valence-corrected chi connectivity index (χ3v) is 4.29. The third-order valence-electron chi connectivity index (χ3n) is 4.29. The predicted octanol–water partition coefficient (Wildman–Crippen LogP) is 0.597. The fourth-order valence-corrected chi connectivity index (χ4v) is 2.86. The third kappa shape index (κ3) is 7.50. The first-order valence-electron chi connectivity index (χ1n) is 9.74. The highest BCUT2D eigenvalue weighted by molar-refractivity contribution is 5.97. The molecular formula is C21H27N5O4. The van der Waals surface area contributed by atoms with Crippen molar-refractivity contribution >= 4 is 24.0 Å². The van der Waals surface area contributed by atoms with Gasteiger partial charge in [-0.3, -0.25) is 14.4 Å². The number of carbonyl (C=O) groups excluding carboxylic acids is 4. The second-order valence-corrected chi connectivity index (χ2v) is 7.33. The van der Waals surface area contributed by atoms with Crippen LogP contribution in [0.2, 0.25) is 0 Å². The second-order valence-electron chi connectivity index (χ2n) is 7.33. The molecule has 0 aliphatic rings. The van der Waals surface area contributed by atoms with E-state index in [1.807, 2.05) is 13.8 Å². The van der Waals surface area contributed by atoms with Crippen molar-refractivity contribution in [1.29, 1.82) is 0 Å².